The largest absolute Gasteiger partial charge is 0.481 e. The molecule has 0 aromatic heterocycles. The Bertz CT molecular complexity index is 745. The maximum Gasteiger partial charge on any atom is 0.262 e. The molecule has 4 nitrogen and oxygen atoms in total. The van der Waals surface area contributed by atoms with Crippen LogP contribution in [-0.4, -0.2) is 18.8 Å². The van der Waals surface area contributed by atoms with Gasteiger partial charge in [0.1, 0.15) is 12.0 Å². The van der Waals surface area contributed by atoms with E-state index in [2.05, 4.69) is 37.2 Å². The lowest BCUT2D eigenvalue weighted by Gasteiger charge is -2.11. The molecule has 1 amide bonds. The first kappa shape index (κ1) is 18.3. The van der Waals surface area contributed by atoms with Crippen LogP contribution in [0.25, 0.3) is 0 Å². The lowest BCUT2D eigenvalue weighted by Crippen LogP contribution is -2.20. The zero-order valence-electron chi connectivity index (χ0n) is 11.4. The summed E-state index contributed by atoms with van der Waals surface area (Å²) in [5.41, 5.74) is 0.999. The number of amides is 1. The van der Waals surface area contributed by atoms with E-state index in [9.17, 15) is 9.59 Å². The first-order chi connectivity index (χ1) is 10.9. The molecule has 8 heteroatoms. The highest BCUT2D eigenvalue weighted by Crippen LogP contribution is 2.34. The maximum absolute atomic E-state index is 11.9. The minimum atomic E-state index is -0.360. The number of halogens is 4. The second-order valence-corrected chi connectivity index (χ2v) is 6.92. The van der Waals surface area contributed by atoms with Crippen LogP contribution in [0.2, 0.25) is 10.0 Å². The normalized spacial score (nSPS) is 10.3. The molecule has 23 heavy (non-hydrogen) atoms. The molecule has 2 aromatic rings. The van der Waals surface area contributed by atoms with Crippen LogP contribution in [0.15, 0.2) is 39.3 Å². The van der Waals surface area contributed by atoms with Crippen LogP contribution >= 0.6 is 55.1 Å². The van der Waals surface area contributed by atoms with Gasteiger partial charge in [-0.05, 0) is 62.2 Å². The molecule has 0 saturated heterocycles. The number of carbonyl (C=O) groups excluding carboxylic acids is 2. The van der Waals surface area contributed by atoms with Crippen LogP contribution in [0.4, 0.5) is 5.69 Å². The summed E-state index contributed by atoms with van der Waals surface area (Å²) >= 11 is 18.3. The van der Waals surface area contributed by atoms with E-state index in [-0.39, 0.29) is 12.5 Å². The zero-order valence-corrected chi connectivity index (χ0v) is 16.1. The van der Waals surface area contributed by atoms with Crippen molar-refractivity contribution in [2.75, 3.05) is 11.9 Å². The third-order valence-corrected chi connectivity index (χ3v) is 4.62. The molecule has 0 aliphatic heterocycles. The van der Waals surface area contributed by atoms with E-state index in [4.69, 9.17) is 27.9 Å². The second kappa shape index (κ2) is 8.15. The highest BCUT2D eigenvalue weighted by molar-refractivity contribution is 9.11. The van der Waals surface area contributed by atoms with Gasteiger partial charge in [-0.2, -0.15) is 0 Å². The third kappa shape index (κ3) is 4.94. The fraction of sp³-hybridized carbons (Fsp3) is 0.0667. The summed E-state index contributed by atoms with van der Waals surface area (Å²) in [5.74, 6) is 0.0709. The molecule has 0 fully saturated rings. The minimum Gasteiger partial charge on any atom is -0.481 e. The Morgan fingerprint density at radius 2 is 1.78 bits per heavy atom. The number of ether oxygens (including phenoxy) is 1. The average Bonchev–Trinajstić information content (AvgIpc) is 2.50. The van der Waals surface area contributed by atoms with Crippen LogP contribution in [0.5, 0.6) is 5.75 Å². The van der Waals surface area contributed by atoms with Gasteiger partial charge in [-0.25, -0.2) is 0 Å². The van der Waals surface area contributed by atoms with E-state index in [1.54, 1.807) is 30.3 Å². The minimum absolute atomic E-state index is 0.210. The van der Waals surface area contributed by atoms with Crippen molar-refractivity contribution >= 4 is 72.9 Å². The predicted molar refractivity (Wildman–Crippen MR) is 97.8 cm³/mol. The summed E-state index contributed by atoms with van der Waals surface area (Å²) in [6.07, 6.45) is 0.719. The summed E-state index contributed by atoms with van der Waals surface area (Å²) in [7, 11) is 0. The Kier molecular flexibility index (Phi) is 6.47. The first-order valence-corrected chi connectivity index (χ1v) is 8.57. The van der Waals surface area contributed by atoms with Gasteiger partial charge in [-0.15, -0.1) is 0 Å². The maximum atomic E-state index is 11.9. The Morgan fingerprint density at radius 3 is 2.35 bits per heavy atom. The predicted octanol–water partition coefficient (Wildman–Crippen LogP) is 5.35. The van der Waals surface area contributed by atoms with Crippen LogP contribution in [-0.2, 0) is 4.79 Å². The van der Waals surface area contributed by atoms with Crippen molar-refractivity contribution in [3.63, 3.8) is 0 Å². The fourth-order valence-electron chi connectivity index (χ4n) is 1.69. The molecule has 2 aromatic carbocycles. The first-order valence-electron chi connectivity index (χ1n) is 6.22. The summed E-state index contributed by atoms with van der Waals surface area (Å²) in [6, 6.07) is 7.98. The number of nitrogens with one attached hydrogen (secondary N) is 1. The molecule has 0 radical (unpaired) electrons. The van der Waals surface area contributed by atoms with Gasteiger partial charge in [-0.3, -0.25) is 9.59 Å². The second-order valence-electron chi connectivity index (χ2n) is 4.40. The van der Waals surface area contributed by atoms with Crippen molar-refractivity contribution in [3.05, 3.63) is 54.9 Å². The molecular weight excluding hydrogens is 473 g/mol. The van der Waals surface area contributed by atoms with Crippen LogP contribution < -0.4 is 10.1 Å². The summed E-state index contributed by atoms with van der Waals surface area (Å²) < 4.78 is 6.61. The summed E-state index contributed by atoms with van der Waals surface area (Å²) in [4.78, 5) is 22.7. The number of hydrogen-bond acceptors (Lipinski definition) is 3. The van der Waals surface area contributed by atoms with Crippen molar-refractivity contribution in [1.29, 1.82) is 0 Å². The summed E-state index contributed by atoms with van der Waals surface area (Å²) in [6.45, 7) is -0.210. The van der Waals surface area contributed by atoms with E-state index in [1.807, 2.05) is 0 Å². The highest BCUT2D eigenvalue weighted by Gasteiger charge is 2.12. The van der Waals surface area contributed by atoms with E-state index in [1.165, 1.54) is 0 Å². The number of benzene rings is 2. The number of hydrogen-bond donors (Lipinski definition) is 1. The molecule has 1 N–H and O–H groups in total. The van der Waals surface area contributed by atoms with Crippen LogP contribution in [0.3, 0.4) is 0 Å². The zero-order chi connectivity index (χ0) is 17.0. The van der Waals surface area contributed by atoms with Crippen molar-refractivity contribution < 1.29 is 14.3 Å². The van der Waals surface area contributed by atoms with Crippen molar-refractivity contribution in [2.24, 2.45) is 0 Å². The van der Waals surface area contributed by atoms with Gasteiger partial charge in [0.25, 0.3) is 5.91 Å². The van der Waals surface area contributed by atoms with Crippen molar-refractivity contribution in [1.82, 2.24) is 0 Å². The summed E-state index contributed by atoms with van der Waals surface area (Å²) in [5, 5.41) is 3.40. The van der Waals surface area contributed by atoms with Gasteiger partial charge >= 0.3 is 0 Å². The Hall–Kier alpha value is -1.08. The van der Waals surface area contributed by atoms with E-state index in [0.717, 1.165) is 6.29 Å². The van der Waals surface area contributed by atoms with Gasteiger partial charge < -0.3 is 10.1 Å². The molecule has 0 spiro atoms. The molecule has 120 valence electrons. The Morgan fingerprint density at radius 1 is 1.13 bits per heavy atom. The van der Waals surface area contributed by atoms with Crippen molar-refractivity contribution in [3.8, 4) is 5.75 Å². The Balaban J connectivity index is 2.02. The fourth-order valence-corrected chi connectivity index (χ4v) is 3.44. The van der Waals surface area contributed by atoms with E-state index >= 15 is 0 Å². The molecule has 2 rings (SSSR count). The molecule has 0 aliphatic carbocycles. The molecule has 0 aliphatic rings. The Labute approximate surface area is 159 Å². The van der Waals surface area contributed by atoms with Gasteiger partial charge in [-0.1, -0.05) is 23.2 Å². The van der Waals surface area contributed by atoms with E-state index in [0.29, 0.717) is 36.0 Å². The van der Waals surface area contributed by atoms with Crippen LogP contribution in [0, 0.1) is 0 Å². The van der Waals surface area contributed by atoms with Crippen molar-refractivity contribution in [2.45, 2.75) is 0 Å². The molecule has 0 saturated carbocycles. The molecular formula is C15H9Br2Cl2NO3. The number of anilines is 1. The lowest BCUT2D eigenvalue weighted by atomic mass is 10.2. The smallest absolute Gasteiger partial charge is 0.262 e. The molecule has 0 heterocycles. The van der Waals surface area contributed by atoms with Gasteiger partial charge in [0, 0.05) is 11.3 Å². The highest BCUT2D eigenvalue weighted by atomic mass is 79.9. The lowest BCUT2D eigenvalue weighted by molar-refractivity contribution is -0.118. The third-order valence-electron chi connectivity index (χ3n) is 2.71. The quantitative estimate of drug-likeness (QED) is 0.586. The van der Waals surface area contributed by atoms with Gasteiger partial charge in [0.2, 0.25) is 0 Å². The molecule has 0 atom stereocenters. The number of carbonyl (C=O) groups is 2. The van der Waals surface area contributed by atoms with E-state index < -0.39 is 0 Å². The average molecular weight is 482 g/mol. The van der Waals surface area contributed by atoms with Crippen LogP contribution in [0.1, 0.15) is 10.4 Å². The monoisotopic (exact) mass is 479 g/mol. The molecule has 0 unspecified atom stereocenters. The van der Waals surface area contributed by atoms with Gasteiger partial charge in [0.15, 0.2) is 6.61 Å². The topological polar surface area (TPSA) is 55.4 Å². The molecule has 0 bridgehead atoms. The SMILES string of the molecule is O=Cc1cc(Br)c(OCC(=O)Nc2ccc(Cl)c(Cl)c2)c(Br)c1. The standard InChI is InChI=1S/C15H9Br2Cl2NO3/c16-10-3-8(6-21)4-11(17)15(10)23-7-14(22)20-9-1-2-12(18)13(19)5-9/h1-6H,7H2,(H,20,22). The number of aldehydes is 1. The number of rotatable bonds is 5. The van der Waals surface area contributed by atoms with Gasteiger partial charge in [0.05, 0.1) is 19.0 Å².